The van der Waals surface area contributed by atoms with Crippen molar-refractivity contribution in [3.63, 3.8) is 0 Å². The zero-order valence-electron chi connectivity index (χ0n) is 15.7. The van der Waals surface area contributed by atoms with Gasteiger partial charge in [0.05, 0.1) is 25.4 Å². The predicted molar refractivity (Wildman–Crippen MR) is 96.4 cm³/mol. The van der Waals surface area contributed by atoms with Crippen LogP contribution in [0.3, 0.4) is 0 Å². The van der Waals surface area contributed by atoms with Gasteiger partial charge in [-0.3, -0.25) is 9.69 Å². The summed E-state index contributed by atoms with van der Waals surface area (Å²) in [7, 11) is 3.30. The van der Waals surface area contributed by atoms with E-state index < -0.39 is 0 Å². The zero-order valence-corrected chi connectivity index (χ0v) is 15.7. The molecule has 0 N–H and O–H groups in total. The van der Waals surface area contributed by atoms with Crippen LogP contribution in [0.4, 0.5) is 0 Å². The molecule has 0 aromatic carbocycles. The van der Waals surface area contributed by atoms with Crippen molar-refractivity contribution in [3.05, 3.63) is 28.3 Å². The van der Waals surface area contributed by atoms with E-state index in [1.54, 1.807) is 0 Å². The molecule has 1 aromatic rings. The van der Waals surface area contributed by atoms with Crippen molar-refractivity contribution in [3.8, 4) is 5.75 Å². The molecule has 3 atom stereocenters. The van der Waals surface area contributed by atoms with Crippen LogP contribution >= 0.6 is 0 Å². The molecule has 6 heteroatoms. The fourth-order valence-corrected chi connectivity index (χ4v) is 4.52. The van der Waals surface area contributed by atoms with E-state index in [0.29, 0.717) is 24.5 Å². The van der Waals surface area contributed by atoms with Crippen molar-refractivity contribution in [2.24, 2.45) is 5.92 Å². The number of nitrogens with zero attached hydrogens (tertiary/aromatic N) is 1. The van der Waals surface area contributed by atoms with Crippen molar-refractivity contribution in [1.29, 1.82) is 0 Å². The minimum absolute atomic E-state index is 0.0911. The van der Waals surface area contributed by atoms with Crippen LogP contribution in [0.2, 0.25) is 0 Å². The number of likely N-dealkylation sites (tertiary alicyclic amines) is 1. The van der Waals surface area contributed by atoms with Gasteiger partial charge >= 0.3 is 0 Å². The average molecular weight is 363 g/mol. The Kier molecular flexibility index (Phi) is 5.08. The molecule has 0 unspecified atom stereocenters. The van der Waals surface area contributed by atoms with E-state index in [-0.39, 0.29) is 16.8 Å². The van der Waals surface area contributed by atoms with E-state index in [1.807, 2.05) is 7.11 Å². The fraction of sp³-hybridized carbons (Fsp3) is 0.750. The van der Waals surface area contributed by atoms with Crippen molar-refractivity contribution < 1.29 is 18.6 Å². The first-order chi connectivity index (χ1) is 12.6. The minimum Gasteiger partial charge on any atom is -0.490 e. The van der Waals surface area contributed by atoms with E-state index >= 15 is 0 Å². The first kappa shape index (κ1) is 18.0. The summed E-state index contributed by atoms with van der Waals surface area (Å²) in [5.41, 5.74) is -0.230. The Labute approximate surface area is 154 Å². The van der Waals surface area contributed by atoms with E-state index in [1.165, 1.54) is 32.3 Å². The third-order valence-corrected chi connectivity index (χ3v) is 6.35. The van der Waals surface area contributed by atoms with Gasteiger partial charge in [-0.1, -0.05) is 0 Å². The number of methoxy groups -OCH3 is 2. The highest BCUT2D eigenvalue weighted by Crippen LogP contribution is 2.44. The number of hydrogen-bond donors (Lipinski definition) is 0. The van der Waals surface area contributed by atoms with Gasteiger partial charge in [0.25, 0.3) is 0 Å². The summed E-state index contributed by atoms with van der Waals surface area (Å²) in [4.78, 5) is 14.4. The molecule has 4 rings (SSSR count). The first-order valence-corrected chi connectivity index (χ1v) is 9.70. The van der Waals surface area contributed by atoms with Crippen LogP contribution in [-0.4, -0.2) is 50.0 Å². The topological polar surface area (TPSA) is 61.1 Å². The lowest BCUT2D eigenvalue weighted by Gasteiger charge is -2.43. The summed E-state index contributed by atoms with van der Waals surface area (Å²) in [6.07, 6.45) is 8.47. The van der Waals surface area contributed by atoms with Crippen LogP contribution in [0.25, 0.3) is 0 Å². The molecule has 1 aromatic heterocycles. The van der Waals surface area contributed by atoms with Crippen molar-refractivity contribution in [2.45, 2.75) is 62.8 Å². The maximum atomic E-state index is 12.0. The zero-order chi connectivity index (χ0) is 18.1. The molecule has 2 aliphatic carbocycles. The van der Waals surface area contributed by atoms with E-state index in [2.05, 4.69) is 4.90 Å². The van der Waals surface area contributed by atoms with Crippen LogP contribution in [0.15, 0.2) is 21.5 Å². The standard InChI is InChI=1S/C20H29NO5/c1-23-18-13-26-16(9-17(18)22)11-21-8-7-20(24-2)6-5-15(10-19(20)21)25-12-14-3-4-14/h9,13-15,19H,3-8,10-12H2,1-2H3/t15-,19-,20+/m0/s1. The van der Waals surface area contributed by atoms with Crippen LogP contribution in [0.5, 0.6) is 5.75 Å². The van der Waals surface area contributed by atoms with Crippen molar-refractivity contribution in [2.75, 3.05) is 27.4 Å². The second-order valence-corrected chi connectivity index (χ2v) is 7.96. The van der Waals surface area contributed by atoms with Gasteiger partial charge in [0.1, 0.15) is 12.0 Å². The van der Waals surface area contributed by atoms with E-state index in [0.717, 1.165) is 44.8 Å². The first-order valence-electron chi connectivity index (χ1n) is 9.70. The Morgan fingerprint density at radius 1 is 1.27 bits per heavy atom. The van der Waals surface area contributed by atoms with Gasteiger partial charge in [-0.15, -0.1) is 0 Å². The molecule has 0 spiro atoms. The molecule has 144 valence electrons. The average Bonchev–Trinajstić information content (AvgIpc) is 3.42. The second kappa shape index (κ2) is 7.33. The largest absolute Gasteiger partial charge is 0.490 e. The second-order valence-electron chi connectivity index (χ2n) is 7.96. The van der Waals surface area contributed by atoms with Crippen LogP contribution in [0.1, 0.15) is 44.3 Å². The lowest BCUT2D eigenvalue weighted by Crippen LogP contribution is -2.51. The van der Waals surface area contributed by atoms with Crippen LogP contribution in [0, 0.1) is 5.92 Å². The SMILES string of the molecule is COc1coc(CN2CC[C@]3(OC)CC[C@H](OCC4CC4)C[C@H]23)cc1=O. The van der Waals surface area contributed by atoms with Crippen molar-refractivity contribution in [1.82, 2.24) is 4.90 Å². The molecule has 1 aliphatic heterocycles. The molecule has 0 bridgehead atoms. The molecular weight excluding hydrogens is 334 g/mol. The molecule has 3 fully saturated rings. The maximum absolute atomic E-state index is 12.0. The predicted octanol–water partition coefficient (Wildman–Crippen LogP) is 2.59. The highest BCUT2D eigenvalue weighted by Gasteiger charge is 2.51. The lowest BCUT2D eigenvalue weighted by atomic mass is 9.79. The summed E-state index contributed by atoms with van der Waals surface area (Å²) in [5, 5.41) is 0. The van der Waals surface area contributed by atoms with Gasteiger partial charge in [0.15, 0.2) is 0 Å². The maximum Gasteiger partial charge on any atom is 0.227 e. The molecular formula is C20H29NO5. The Bertz CT molecular complexity index is 685. The summed E-state index contributed by atoms with van der Waals surface area (Å²) in [5.74, 6) is 1.70. The number of rotatable bonds is 7. The van der Waals surface area contributed by atoms with Gasteiger partial charge in [0, 0.05) is 32.4 Å². The van der Waals surface area contributed by atoms with Crippen molar-refractivity contribution >= 4 is 0 Å². The molecule has 0 radical (unpaired) electrons. The summed E-state index contributed by atoms with van der Waals surface area (Å²) >= 11 is 0. The van der Waals surface area contributed by atoms with Gasteiger partial charge in [0.2, 0.25) is 11.2 Å². The summed E-state index contributed by atoms with van der Waals surface area (Å²) < 4.78 is 22.8. The summed E-state index contributed by atoms with van der Waals surface area (Å²) in [6, 6.07) is 1.84. The van der Waals surface area contributed by atoms with Gasteiger partial charge in [-0.2, -0.15) is 0 Å². The quantitative estimate of drug-likeness (QED) is 0.742. The molecule has 2 saturated carbocycles. The minimum atomic E-state index is -0.139. The van der Waals surface area contributed by atoms with Crippen LogP contribution < -0.4 is 10.2 Å². The third kappa shape index (κ3) is 3.55. The Balaban J connectivity index is 1.45. The smallest absolute Gasteiger partial charge is 0.227 e. The number of hydrogen-bond acceptors (Lipinski definition) is 6. The highest BCUT2D eigenvalue weighted by molar-refractivity contribution is 5.18. The van der Waals surface area contributed by atoms with E-state index in [4.69, 9.17) is 18.6 Å². The third-order valence-electron chi connectivity index (χ3n) is 6.35. The highest BCUT2D eigenvalue weighted by atomic mass is 16.5. The molecule has 6 nitrogen and oxygen atoms in total. The molecule has 3 aliphatic rings. The number of fused-ring (bicyclic) bond motifs is 1. The molecule has 0 amide bonds. The van der Waals surface area contributed by atoms with Gasteiger partial charge in [-0.05, 0) is 44.4 Å². The van der Waals surface area contributed by atoms with Crippen LogP contribution in [-0.2, 0) is 16.0 Å². The number of ether oxygens (including phenoxy) is 3. The Hall–Kier alpha value is -1.37. The summed E-state index contributed by atoms with van der Waals surface area (Å²) in [6.45, 7) is 2.47. The van der Waals surface area contributed by atoms with E-state index in [9.17, 15) is 4.79 Å². The fourth-order valence-electron chi connectivity index (χ4n) is 4.52. The Morgan fingerprint density at radius 3 is 2.81 bits per heavy atom. The van der Waals surface area contributed by atoms with Gasteiger partial charge in [-0.25, -0.2) is 0 Å². The van der Waals surface area contributed by atoms with Gasteiger partial charge < -0.3 is 18.6 Å². The lowest BCUT2D eigenvalue weighted by molar-refractivity contribution is -0.103. The Morgan fingerprint density at radius 2 is 2.12 bits per heavy atom. The monoisotopic (exact) mass is 363 g/mol. The normalized spacial score (nSPS) is 31.8. The molecule has 26 heavy (non-hydrogen) atoms. The molecule has 2 heterocycles. The molecule has 1 saturated heterocycles.